The molecule has 10 heteroatoms. The van der Waals surface area contributed by atoms with Crippen molar-refractivity contribution in [3.05, 3.63) is 33.1 Å². The van der Waals surface area contributed by atoms with E-state index in [-0.39, 0.29) is 0 Å². The Balaban J connectivity index is 2.21. The van der Waals surface area contributed by atoms with Gasteiger partial charge in [-0.1, -0.05) is 0 Å². The lowest BCUT2D eigenvalue weighted by Crippen LogP contribution is -2.51. The molecule has 0 aromatic carbocycles. The number of halogens is 1. The van der Waals surface area contributed by atoms with E-state index in [1.807, 2.05) is 4.98 Å². The molecule has 1 aromatic rings. The molecule has 0 radical (unpaired) electrons. The molecule has 0 bridgehead atoms. The molecule has 0 spiro atoms. The first-order chi connectivity index (χ1) is 10.7. The number of hydrogen-bond acceptors (Lipinski definition) is 7. The minimum Gasteiger partial charge on any atom is -0.390 e. The maximum Gasteiger partial charge on any atom is 0.331 e. The Morgan fingerprint density at radius 1 is 1.43 bits per heavy atom. The van der Waals surface area contributed by atoms with E-state index < -0.39 is 47.4 Å². The van der Waals surface area contributed by atoms with Crippen molar-refractivity contribution >= 4 is 0 Å². The Labute approximate surface area is 128 Å². The van der Waals surface area contributed by atoms with Crippen LogP contribution >= 0.6 is 0 Å². The van der Waals surface area contributed by atoms with Gasteiger partial charge in [0.05, 0.1) is 0 Å². The van der Waals surface area contributed by atoms with Crippen molar-refractivity contribution in [3.63, 3.8) is 0 Å². The second-order valence-corrected chi connectivity index (χ2v) is 5.81. The van der Waals surface area contributed by atoms with Gasteiger partial charge in [-0.2, -0.15) is 5.26 Å². The molecule has 1 aromatic heterocycles. The van der Waals surface area contributed by atoms with Gasteiger partial charge in [0, 0.05) is 12.3 Å². The zero-order valence-corrected chi connectivity index (χ0v) is 12.3. The molecular weight excluding hydrogens is 313 g/mol. The van der Waals surface area contributed by atoms with E-state index in [2.05, 4.69) is 0 Å². The van der Waals surface area contributed by atoms with E-state index in [4.69, 9.17) is 14.2 Å². The highest BCUT2D eigenvalue weighted by Crippen LogP contribution is 2.51. The lowest BCUT2D eigenvalue weighted by Gasteiger charge is -2.31. The molecule has 2 aliphatic rings. The van der Waals surface area contributed by atoms with Gasteiger partial charge in [-0.05, 0) is 13.8 Å². The standard InChI is InChI=1S/C13H14FN3O6/c1-11(2)21-8-9(22-11)13(5-15,23-12(8,14)6-18)17-4-3-7(19)16-10(17)20/h3-4,8-9,18H,6H2,1-2H3,(H,16,19,20)/t8?,9-,12+,13+/m0/s1. The van der Waals surface area contributed by atoms with Crippen LogP contribution in [0.15, 0.2) is 21.9 Å². The van der Waals surface area contributed by atoms with Crippen molar-refractivity contribution in [2.75, 3.05) is 6.61 Å². The maximum atomic E-state index is 14.9. The average Bonchev–Trinajstić information content (AvgIpc) is 2.92. The van der Waals surface area contributed by atoms with Crippen LogP contribution in [0.1, 0.15) is 13.8 Å². The van der Waals surface area contributed by atoms with E-state index in [1.54, 1.807) is 6.07 Å². The first-order valence-electron chi connectivity index (χ1n) is 6.77. The van der Waals surface area contributed by atoms with Gasteiger partial charge in [-0.15, -0.1) is 0 Å². The Hall–Kier alpha value is -2.06. The minimum atomic E-state index is -2.75. The van der Waals surface area contributed by atoms with Gasteiger partial charge in [0.25, 0.3) is 17.1 Å². The molecule has 0 amide bonds. The van der Waals surface area contributed by atoms with E-state index in [9.17, 15) is 24.3 Å². The first-order valence-corrected chi connectivity index (χ1v) is 6.77. The smallest absolute Gasteiger partial charge is 0.331 e. The molecule has 9 nitrogen and oxygen atoms in total. The minimum absolute atomic E-state index is 0.688. The number of nitriles is 1. The Bertz CT molecular complexity index is 798. The van der Waals surface area contributed by atoms with Crippen LogP contribution in [0.25, 0.3) is 0 Å². The fraction of sp³-hybridized carbons (Fsp3) is 0.615. The number of hydrogen-bond donors (Lipinski definition) is 2. The summed E-state index contributed by atoms with van der Waals surface area (Å²) in [5.41, 5.74) is -3.91. The average molecular weight is 327 g/mol. The zero-order chi connectivity index (χ0) is 17.0. The van der Waals surface area contributed by atoms with E-state index >= 15 is 0 Å². The number of nitrogens with one attached hydrogen (secondary N) is 1. The normalized spacial score (nSPS) is 38.2. The molecular formula is C13H14FN3O6. The molecule has 2 saturated heterocycles. The third-order valence-electron chi connectivity index (χ3n) is 3.79. The molecule has 4 atom stereocenters. The fourth-order valence-corrected chi connectivity index (χ4v) is 2.86. The van der Waals surface area contributed by atoms with Crippen LogP contribution in [-0.2, 0) is 19.9 Å². The number of aromatic amines is 1. The van der Waals surface area contributed by atoms with Crippen LogP contribution in [0.5, 0.6) is 0 Å². The van der Waals surface area contributed by atoms with Crippen LogP contribution in [0.3, 0.4) is 0 Å². The topological polar surface area (TPSA) is 127 Å². The van der Waals surface area contributed by atoms with Gasteiger partial charge in [0.15, 0.2) is 18.0 Å². The highest BCUT2D eigenvalue weighted by molar-refractivity contribution is 5.17. The summed E-state index contributed by atoms with van der Waals surface area (Å²) in [4.78, 5) is 25.2. The summed E-state index contributed by atoms with van der Waals surface area (Å²) in [6.45, 7) is 1.90. The van der Waals surface area contributed by atoms with Crippen molar-refractivity contribution in [1.29, 1.82) is 5.26 Å². The quantitative estimate of drug-likeness (QED) is 0.707. The van der Waals surface area contributed by atoms with Crippen LogP contribution in [0.4, 0.5) is 4.39 Å². The number of rotatable bonds is 2. The number of H-pyrrole nitrogens is 1. The SMILES string of the molecule is CC1(C)OC2[C@H](O1)[C@](C#N)(n1ccc(=O)[nH]c1=O)O[C@]2(F)CO. The first kappa shape index (κ1) is 15.8. The van der Waals surface area contributed by atoms with Crippen LogP contribution in [0, 0.1) is 11.3 Å². The number of ether oxygens (including phenoxy) is 3. The van der Waals surface area contributed by atoms with Gasteiger partial charge in [0.1, 0.15) is 12.7 Å². The summed E-state index contributed by atoms with van der Waals surface area (Å²) in [6, 6.07) is 2.70. The van der Waals surface area contributed by atoms with Crippen molar-refractivity contribution in [2.45, 2.75) is 43.4 Å². The van der Waals surface area contributed by atoms with Crippen molar-refractivity contribution in [1.82, 2.24) is 9.55 Å². The number of aliphatic hydroxyl groups excluding tert-OH is 1. The summed E-state index contributed by atoms with van der Waals surface area (Å²) in [7, 11) is 0. The monoisotopic (exact) mass is 327 g/mol. The van der Waals surface area contributed by atoms with E-state index in [1.165, 1.54) is 13.8 Å². The number of fused-ring (bicyclic) bond motifs is 1. The van der Waals surface area contributed by atoms with Gasteiger partial charge in [0.2, 0.25) is 0 Å². The molecule has 0 aliphatic carbocycles. The third-order valence-corrected chi connectivity index (χ3v) is 3.79. The number of nitrogens with zero attached hydrogens (tertiary/aromatic N) is 2. The predicted octanol–water partition coefficient (Wildman–Crippen LogP) is -1.08. The number of aliphatic hydroxyl groups is 1. The van der Waals surface area contributed by atoms with Crippen molar-refractivity contribution in [2.24, 2.45) is 0 Å². The lowest BCUT2D eigenvalue weighted by molar-refractivity contribution is -0.283. The summed E-state index contributed by atoms with van der Waals surface area (Å²) in [5.74, 6) is -4.00. The summed E-state index contributed by atoms with van der Waals surface area (Å²) in [5, 5.41) is 18.9. The van der Waals surface area contributed by atoms with Crippen LogP contribution in [-0.4, -0.2) is 45.1 Å². The molecule has 2 aliphatic heterocycles. The number of alkyl halides is 1. The van der Waals surface area contributed by atoms with Gasteiger partial charge >= 0.3 is 5.69 Å². The lowest BCUT2D eigenvalue weighted by atomic mass is 10.0. The zero-order valence-electron chi connectivity index (χ0n) is 12.3. The Morgan fingerprint density at radius 2 is 2.09 bits per heavy atom. The van der Waals surface area contributed by atoms with Crippen LogP contribution < -0.4 is 11.2 Å². The van der Waals surface area contributed by atoms with E-state index in [0.717, 1.165) is 12.3 Å². The van der Waals surface area contributed by atoms with Crippen molar-refractivity contribution < 1.29 is 23.7 Å². The third kappa shape index (κ3) is 2.13. The molecule has 23 heavy (non-hydrogen) atoms. The molecule has 2 fully saturated rings. The molecule has 3 rings (SSSR count). The maximum absolute atomic E-state index is 14.9. The molecule has 1 unspecified atom stereocenters. The molecule has 124 valence electrons. The second kappa shape index (κ2) is 4.72. The largest absolute Gasteiger partial charge is 0.390 e. The Morgan fingerprint density at radius 3 is 2.65 bits per heavy atom. The van der Waals surface area contributed by atoms with Crippen molar-refractivity contribution in [3.8, 4) is 6.07 Å². The number of aromatic nitrogens is 2. The predicted molar refractivity (Wildman–Crippen MR) is 70.7 cm³/mol. The van der Waals surface area contributed by atoms with E-state index in [0.29, 0.717) is 4.57 Å². The van der Waals surface area contributed by atoms with Gasteiger partial charge in [-0.25, -0.2) is 9.18 Å². The summed E-state index contributed by atoms with van der Waals surface area (Å²) in [6.07, 6.45) is -1.76. The summed E-state index contributed by atoms with van der Waals surface area (Å²) < 4.78 is 31.7. The molecule has 2 N–H and O–H groups in total. The van der Waals surface area contributed by atoms with Gasteiger partial charge < -0.3 is 14.6 Å². The highest BCUT2D eigenvalue weighted by Gasteiger charge is 2.72. The molecule has 0 saturated carbocycles. The molecule has 3 heterocycles. The fourth-order valence-electron chi connectivity index (χ4n) is 2.86. The second-order valence-electron chi connectivity index (χ2n) is 5.81. The highest BCUT2D eigenvalue weighted by atomic mass is 19.2. The van der Waals surface area contributed by atoms with Gasteiger partial charge in [-0.3, -0.25) is 19.1 Å². The van der Waals surface area contributed by atoms with Crippen LogP contribution in [0.2, 0.25) is 0 Å². The Kier molecular flexibility index (Phi) is 3.24. The summed E-state index contributed by atoms with van der Waals surface area (Å²) >= 11 is 0.